The van der Waals surface area contributed by atoms with Crippen LogP contribution in [0, 0.1) is 5.41 Å². The highest BCUT2D eigenvalue weighted by Crippen LogP contribution is 1.87. The second kappa shape index (κ2) is 5.14. The van der Waals surface area contributed by atoms with Gasteiger partial charge in [-0.15, -0.1) is 0 Å². The molecule has 0 spiro atoms. The summed E-state index contributed by atoms with van der Waals surface area (Å²) in [6.07, 6.45) is 1.39. The average Bonchev–Trinajstić information content (AvgIpc) is 2.34. The molecular weight excluding hydrogens is 184 g/mol. The molecule has 0 bridgehead atoms. The molecule has 0 atom stereocenters. The zero-order valence-electron chi connectivity index (χ0n) is 5.91. The Kier molecular flexibility index (Phi) is 4.47. The Hall–Kier alpha value is -1.56. The van der Waals surface area contributed by atoms with E-state index in [9.17, 15) is 4.79 Å². The van der Waals surface area contributed by atoms with Crippen molar-refractivity contribution in [1.29, 1.82) is 5.41 Å². The molecule has 6 nitrogen and oxygen atoms in total. The number of carboxylic acid groups (broad SMARTS) is 1. The summed E-state index contributed by atoms with van der Waals surface area (Å²) in [5.41, 5.74) is 4.58. The number of H-pyrrole nitrogens is 1. The molecule has 7 heteroatoms. The minimum atomic E-state index is -0.984. The highest BCUT2D eigenvalue weighted by atomic mass is 35.5. The molecule has 0 aliphatic heterocycles. The van der Waals surface area contributed by atoms with Crippen molar-refractivity contribution >= 4 is 22.9 Å². The van der Waals surface area contributed by atoms with Crippen molar-refractivity contribution < 1.29 is 9.90 Å². The van der Waals surface area contributed by atoms with Gasteiger partial charge >= 0.3 is 5.97 Å². The molecule has 1 heterocycles. The van der Waals surface area contributed by atoms with Gasteiger partial charge in [-0.3, -0.25) is 10.5 Å². The van der Waals surface area contributed by atoms with Crippen LogP contribution in [0.25, 0.3) is 0 Å². The van der Waals surface area contributed by atoms with Gasteiger partial charge in [-0.1, -0.05) is 0 Å². The summed E-state index contributed by atoms with van der Waals surface area (Å²) in [5, 5.41) is 19.6. The number of carboxylic acids is 1. The van der Waals surface area contributed by atoms with E-state index in [1.165, 1.54) is 12.3 Å². The highest BCUT2D eigenvalue weighted by molar-refractivity contribution is 6.63. The molecule has 66 valence electrons. The maximum atomic E-state index is 9.99. The van der Waals surface area contributed by atoms with Crippen LogP contribution in [0.4, 0.5) is 0 Å². The topological polar surface area (TPSA) is 116 Å². The smallest absolute Gasteiger partial charge is 0.353 e. The van der Waals surface area contributed by atoms with E-state index in [2.05, 4.69) is 27.5 Å². The van der Waals surface area contributed by atoms with Crippen LogP contribution in [-0.2, 0) is 0 Å². The van der Waals surface area contributed by atoms with Crippen LogP contribution in [0.2, 0.25) is 0 Å². The number of hydrogen-bond acceptors (Lipinski definition) is 3. The molecule has 0 fully saturated rings. The van der Waals surface area contributed by atoms with Crippen LogP contribution in [-0.4, -0.2) is 26.6 Å². The molecule has 5 N–H and O–H groups in total. The Morgan fingerprint density at radius 1 is 1.83 bits per heavy atom. The fourth-order valence-electron chi connectivity index (χ4n) is 0.375. The molecule has 0 aliphatic rings. The normalized spacial score (nSPS) is 8.08. The first-order valence-corrected chi connectivity index (χ1v) is 3.14. The summed E-state index contributed by atoms with van der Waals surface area (Å²) in [5.74, 6) is -0.984. The third-order valence-corrected chi connectivity index (χ3v) is 0.731. The summed E-state index contributed by atoms with van der Waals surface area (Å²) in [6, 6.07) is 1.39. The van der Waals surface area contributed by atoms with Gasteiger partial charge < -0.3 is 10.8 Å². The molecule has 0 radical (unpaired) electrons. The lowest BCUT2D eigenvalue weighted by Gasteiger charge is -1.79. The van der Waals surface area contributed by atoms with Crippen molar-refractivity contribution in [3.63, 3.8) is 0 Å². The molecule has 12 heavy (non-hydrogen) atoms. The summed E-state index contributed by atoms with van der Waals surface area (Å²) >= 11 is 4.64. The molecule has 1 rings (SSSR count). The van der Waals surface area contributed by atoms with Gasteiger partial charge in [0.05, 0.1) is 0 Å². The van der Waals surface area contributed by atoms with E-state index in [0.29, 0.717) is 0 Å². The quantitative estimate of drug-likeness (QED) is 0.288. The van der Waals surface area contributed by atoms with Gasteiger partial charge in [0.25, 0.3) is 0 Å². The third-order valence-electron chi connectivity index (χ3n) is 0.731. The zero-order chi connectivity index (χ0) is 9.56. The van der Waals surface area contributed by atoms with E-state index in [1.54, 1.807) is 0 Å². The van der Waals surface area contributed by atoms with Gasteiger partial charge in [-0.05, 0) is 17.7 Å². The zero-order valence-corrected chi connectivity index (χ0v) is 6.67. The summed E-state index contributed by atoms with van der Waals surface area (Å²) in [7, 11) is 0. The Morgan fingerprint density at radius 3 is 2.50 bits per heavy atom. The van der Waals surface area contributed by atoms with Crippen LogP contribution >= 0.6 is 11.6 Å². The van der Waals surface area contributed by atoms with Crippen molar-refractivity contribution in [2.45, 2.75) is 0 Å². The summed E-state index contributed by atoms with van der Waals surface area (Å²) < 4.78 is 0. The largest absolute Gasteiger partial charge is 0.477 e. The summed E-state index contributed by atoms with van der Waals surface area (Å²) in [6.45, 7) is 0. The van der Waals surface area contributed by atoms with Crippen molar-refractivity contribution in [2.75, 3.05) is 0 Å². The number of nitrogens with two attached hydrogens (primary N) is 1. The van der Waals surface area contributed by atoms with E-state index in [0.717, 1.165) is 0 Å². The number of carbonyl (C=O) groups is 1. The second-order valence-corrected chi connectivity index (χ2v) is 2.03. The SMILES string of the molecule is N=C(N)Cl.O=C(O)c1ccn[nH]1. The molecule has 0 aliphatic carbocycles. The van der Waals surface area contributed by atoms with Crippen LogP contribution in [0.3, 0.4) is 0 Å². The van der Waals surface area contributed by atoms with Gasteiger partial charge in [-0.25, -0.2) is 4.79 Å². The van der Waals surface area contributed by atoms with Gasteiger partial charge in [0.2, 0.25) is 0 Å². The van der Waals surface area contributed by atoms with Crippen molar-refractivity contribution in [3.8, 4) is 0 Å². The standard InChI is InChI=1S/C4H4N2O2.CH3ClN2/c7-4(8)3-1-2-5-6-3;2-1(3)4/h1-2H,(H,5,6)(H,7,8);(H3,3,4). The minimum Gasteiger partial charge on any atom is -0.477 e. The van der Waals surface area contributed by atoms with Crippen LogP contribution in [0.15, 0.2) is 12.3 Å². The number of nitrogens with one attached hydrogen (secondary N) is 2. The van der Waals surface area contributed by atoms with Crippen molar-refractivity contribution in [1.82, 2.24) is 10.2 Å². The number of rotatable bonds is 1. The highest BCUT2D eigenvalue weighted by Gasteiger charge is 1.99. The molecule has 0 unspecified atom stereocenters. The van der Waals surface area contributed by atoms with Gasteiger partial charge in [0.15, 0.2) is 5.29 Å². The Bertz CT molecular complexity index is 254. The van der Waals surface area contributed by atoms with E-state index in [4.69, 9.17) is 10.5 Å². The number of hydrogen-bond donors (Lipinski definition) is 4. The first kappa shape index (κ1) is 10.4. The first-order valence-electron chi connectivity index (χ1n) is 2.76. The molecule has 1 aromatic rings. The number of aromatic carboxylic acids is 1. The minimum absolute atomic E-state index is 0.116. The number of nitrogens with zero attached hydrogens (tertiary/aromatic N) is 1. The lowest BCUT2D eigenvalue weighted by Crippen LogP contribution is -1.96. The molecule has 0 amide bonds. The maximum absolute atomic E-state index is 9.99. The van der Waals surface area contributed by atoms with Crippen molar-refractivity contribution in [3.05, 3.63) is 18.0 Å². The van der Waals surface area contributed by atoms with Gasteiger partial charge in [0, 0.05) is 6.20 Å². The van der Waals surface area contributed by atoms with E-state index >= 15 is 0 Å². The van der Waals surface area contributed by atoms with E-state index in [1.807, 2.05) is 0 Å². The summed E-state index contributed by atoms with van der Waals surface area (Å²) in [4.78, 5) is 9.99. The third kappa shape index (κ3) is 5.24. The Labute approximate surface area is 72.8 Å². The number of halogens is 1. The van der Waals surface area contributed by atoms with Crippen molar-refractivity contribution in [2.24, 2.45) is 5.73 Å². The fraction of sp³-hybridized carbons (Fsp3) is 0. The molecular formula is C5H7ClN4O2. The van der Waals surface area contributed by atoms with E-state index in [-0.39, 0.29) is 11.0 Å². The monoisotopic (exact) mass is 190 g/mol. The predicted molar refractivity (Wildman–Crippen MR) is 43.3 cm³/mol. The Morgan fingerprint density at radius 2 is 2.33 bits per heavy atom. The molecule has 0 aromatic carbocycles. The number of aromatic nitrogens is 2. The average molecular weight is 191 g/mol. The molecule has 0 saturated heterocycles. The van der Waals surface area contributed by atoms with E-state index < -0.39 is 5.97 Å². The Balaban J connectivity index is 0.000000261. The lowest BCUT2D eigenvalue weighted by atomic mass is 10.5. The maximum Gasteiger partial charge on any atom is 0.353 e. The molecule has 1 aromatic heterocycles. The van der Waals surface area contributed by atoms with Crippen LogP contribution < -0.4 is 5.73 Å². The van der Waals surface area contributed by atoms with Gasteiger partial charge in [0.1, 0.15) is 5.69 Å². The number of aromatic amines is 1. The first-order chi connectivity index (χ1) is 5.54. The number of amidine groups is 1. The lowest BCUT2D eigenvalue weighted by molar-refractivity contribution is 0.0690. The van der Waals surface area contributed by atoms with Crippen LogP contribution in [0.5, 0.6) is 0 Å². The molecule has 0 saturated carbocycles. The fourth-order valence-corrected chi connectivity index (χ4v) is 0.375. The van der Waals surface area contributed by atoms with Gasteiger partial charge in [-0.2, -0.15) is 5.10 Å². The predicted octanol–water partition coefficient (Wildman–Crippen LogP) is 0.227. The van der Waals surface area contributed by atoms with Crippen LogP contribution in [0.1, 0.15) is 10.5 Å². The second-order valence-electron chi connectivity index (χ2n) is 1.62.